The van der Waals surface area contributed by atoms with Crippen molar-refractivity contribution in [1.29, 1.82) is 0 Å². The van der Waals surface area contributed by atoms with Gasteiger partial charge in [0.15, 0.2) is 0 Å². The van der Waals surface area contributed by atoms with E-state index in [9.17, 15) is 0 Å². The molecule has 1 fully saturated rings. The van der Waals surface area contributed by atoms with Crippen LogP contribution in [0.25, 0.3) is 16.6 Å². The van der Waals surface area contributed by atoms with Gasteiger partial charge in [0, 0.05) is 11.6 Å². The standard InChI is InChI=1S/C18H16IN2PS2/c1-13(14(2)18(23)21(22-3)12-19-21)4-5-15-6-8-16(9-7-15)17-20-10-11-24-17/h4-11H,1-3,12H2/b5-4+. The topological polar surface area (TPSA) is 12.9 Å². The molecule has 1 aromatic heterocycles. The summed E-state index contributed by atoms with van der Waals surface area (Å²) >= 11 is 7.34. The van der Waals surface area contributed by atoms with Crippen LogP contribution in [-0.4, -0.2) is 23.3 Å². The Kier molecular flexibility index (Phi) is 5.57. The summed E-state index contributed by atoms with van der Waals surface area (Å²) in [6.07, 6.45) is 9.86. The number of quaternary nitrogens is 1. The van der Waals surface area contributed by atoms with Gasteiger partial charge in [0.2, 0.25) is 0 Å². The number of nitrogens with zero attached hydrogens (tertiary/aromatic N) is 2. The second-order valence-electron chi connectivity index (χ2n) is 5.16. The summed E-state index contributed by atoms with van der Waals surface area (Å²) in [4.78, 5) is 5.24. The van der Waals surface area contributed by atoms with Crippen LogP contribution in [0.1, 0.15) is 5.56 Å². The molecular weight excluding hydrogens is 466 g/mol. The molecule has 0 bridgehead atoms. The normalized spacial score (nSPS) is 19.8. The van der Waals surface area contributed by atoms with Crippen molar-refractivity contribution >= 4 is 49.3 Å². The number of thiazole rings is 1. The van der Waals surface area contributed by atoms with Gasteiger partial charge in [-0.15, -0.1) is 0 Å². The van der Waals surface area contributed by atoms with Crippen LogP contribution in [0.2, 0.25) is 0 Å². The van der Waals surface area contributed by atoms with E-state index < -0.39 is 0 Å². The summed E-state index contributed by atoms with van der Waals surface area (Å²) in [6.45, 7) is 8.26. The summed E-state index contributed by atoms with van der Waals surface area (Å²) in [6, 6.07) is 8.34. The van der Waals surface area contributed by atoms with Crippen LogP contribution in [-0.2, 0) is 0 Å². The molecule has 6 heteroatoms. The second kappa shape index (κ2) is 7.50. The van der Waals surface area contributed by atoms with Crippen LogP contribution in [0.4, 0.5) is 0 Å². The minimum absolute atomic E-state index is 0.102. The van der Waals surface area contributed by atoms with Crippen molar-refractivity contribution in [3.8, 4) is 10.6 Å². The predicted molar refractivity (Wildman–Crippen MR) is 107 cm³/mol. The number of benzene rings is 1. The molecule has 0 radical (unpaired) electrons. The van der Waals surface area contributed by atoms with Crippen molar-refractivity contribution in [2.75, 3.05) is 4.55 Å². The third-order valence-corrected chi connectivity index (χ3v) is 10.9. The van der Waals surface area contributed by atoms with Crippen molar-refractivity contribution in [2.45, 2.75) is 0 Å². The molecule has 0 N–H and O–H groups in total. The van der Waals surface area contributed by atoms with Gasteiger partial charge in [0.05, 0.1) is 0 Å². The molecule has 1 aromatic carbocycles. The SMILES string of the molecule is C=P[N+]1(C(=S)C(=C)C(=C)/C=C/c2ccc(-c3nccs3)cc2)C[I-]1. The first kappa shape index (κ1) is 17.8. The Morgan fingerprint density at radius 3 is 2.58 bits per heavy atom. The minimum atomic E-state index is 0.102. The Morgan fingerprint density at radius 1 is 1.33 bits per heavy atom. The number of aromatic nitrogens is 1. The van der Waals surface area contributed by atoms with Gasteiger partial charge >= 0.3 is 154 Å². The number of allylic oxidation sites excluding steroid dienone is 1. The van der Waals surface area contributed by atoms with Gasteiger partial charge in [-0.2, -0.15) is 0 Å². The first-order valence-corrected chi connectivity index (χ1v) is 12.0. The molecule has 2 aromatic rings. The molecule has 24 heavy (non-hydrogen) atoms. The molecule has 1 atom stereocenters. The number of halogens is 1. The third kappa shape index (κ3) is 3.81. The van der Waals surface area contributed by atoms with E-state index in [1.165, 1.54) is 0 Å². The van der Waals surface area contributed by atoms with Gasteiger partial charge in [-0.1, -0.05) is 0 Å². The Balaban J connectivity index is 1.67. The van der Waals surface area contributed by atoms with Gasteiger partial charge in [0.25, 0.3) is 0 Å². The Bertz CT molecular complexity index is 834. The summed E-state index contributed by atoms with van der Waals surface area (Å²) in [7, 11) is 1.08. The third-order valence-electron chi connectivity index (χ3n) is 3.59. The zero-order valence-corrected chi connectivity index (χ0v) is 17.7. The molecule has 1 unspecified atom stereocenters. The van der Waals surface area contributed by atoms with Crippen LogP contribution in [0.5, 0.6) is 0 Å². The first-order valence-electron chi connectivity index (χ1n) is 7.14. The fourth-order valence-electron chi connectivity index (χ4n) is 2.04. The number of hydrogen-bond acceptors (Lipinski definition) is 3. The van der Waals surface area contributed by atoms with E-state index in [0.717, 1.165) is 47.6 Å². The van der Waals surface area contributed by atoms with E-state index in [2.05, 4.69) is 48.7 Å². The van der Waals surface area contributed by atoms with E-state index in [0.29, 0.717) is 0 Å². The fourth-order valence-corrected chi connectivity index (χ4v) is 6.86. The molecular formula is C18H16IN2PS2. The fraction of sp³-hybridized carbons (Fsp3) is 0.0556. The maximum absolute atomic E-state index is 5.60. The second-order valence-corrected chi connectivity index (χ2v) is 11.2. The summed E-state index contributed by atoms with van der Waals surface area (Å²) in [5.74, 6) is 0. The Hall–Kier alpha value is -0.980. The van der Waals surface area contributed by atoms with Crippen LogP contribution < -0.4 is 21.5 Å². The molecule has 0 saturated carbocycles. The number of hydrogen-bond donors (Lipinski definition) is 0. The monoisotopic (exact) mass is 482 g/mol. The van der Waals surface area contributed by atoms with Crippen LogP contribution in [0, 0.1) is 0 Å². The van der Waals surface area contributed by atoms with Crippen LogP contribution in [0.15, 0.2) is 66.2 Å². The molecule has 2 heterocycles. The number of alkyl halides is 1. The molecule has 1 saturated heterocycles. The van der Waals surface area contributed by atoms with E-state index >= 15 is 0 Å². The van der Waals surface area contributed by atoms with Gasteiger partial charge in [-0.25, -0.2) is 0 Å². The molecule has 3 rings (SSSR count). The summed E-state index contributed by atoms with van der Waals surface area (Å²) in [5, 5.41) is 3.03. The van der Waals surface area contributed by atoms with Gasteiger partial charge in [0.1, 0.15) is 0 Å². The van der Waals surface area contributed by atoms with E-state index in [1.54, 1.807) is 11.3 Å². The summed E-state index contributed by atoms with van der Waals surface area (Å²) < 4.78 is 2.03. The molecule has 2 nitrogen and oxygen atoms in total. The van der Waals surface area contributed by atoms with Gasteiger partial charge in [-0.3, -0.25) is 0 Å². The van der Waals surface area contributed by atoms with Crippen LogP contribution in [0.3, 0.4) is 0 Å². The number of thiocarbonyl (C=S) groups is 1. The van der Waals surface area contributed by atoms with Crippen molar-refractivity contribution in [2.24, 2.45) is 0 Å². The zero-order chi connectivity index (χ0) is 17.2. The van der Waals surface area contributed by atoms with Crippen LogP contribution >= 0.6 is 31.9 Å². The summed E-state index contributed by atoms with van der Waals surface area (Å²) in [5.41, 5.74) is 4.00. The molecule has 1 aliphatic rings. The first-order chi connectivity index (χ1) is 11.6. The number of rotatable bonds is 6. The molecule has 0 aliphatic carbocycles. The van der Waals surface area contributed by atoms with E-state index in [4.69, 9.17) is 12.2 Å². The predicted octanol–water partition coefficient (Wildman–Crippen LogP) is 2.35. The average molecular weight is 482 g/mol. The van der Waals surface area contributed by atoms with Crippen molar-refractivity contribution in [3.63, 3.8) is 0 Å². The Morgan fingerprint density at radius 2 is 2.04 bits per heavy atom. The van der Waals surface area contributed by atoms with Crippen molar-refractivity contribution in [1.82, 2.24) is 4.98 Å². The molecule has 1 aliphatic heterocycles. The Labute approximate surface area is 164 Å². The van der Waals surface area contributed by atoms with E-state index in [-0.39, 0.29) is 21.5 Å². The average Bonchev–Trinajstić information content (AvgIpc) is 3.23. The van der Waals surface area contributed by atoms with Gasteiger partial charge in [-0.05, 0) is 0 Å². The van der Waals surface area contributed by atoms with Crippen molar-refractivity contribution < 1.29 is 23.9 Å². The maximum atomic E-state index is 5.60. The molecule has 122 valence electrons. The van der Waals surface area contributed by atoms with Crippen molar-refractivity contribution in [3.05, 3.63) is 71.8 Å². The van der Waals surface area contributed by atoms with E-state index in [1.807, 2.05) is 23.7 Å². The zero-order valence-electron chi connectivity index (χ0n) is 13.0. The molecule has 0 amide bonds. The molecule has 0 spiro atoms. The quantitative estimate of drug-likeness (QED) is 0.0722. The van der Waals surface area contributed by atoms with Gasteiger partial charge < -0.3 is 0 Å².